The van der Waals surface area contributed by atoms with Gasteiger partial charge in [0.1, 0.15) is 5.82 Å². The molecule has 0 aliphatic carbocycles. The fourth-order valence-electron chi connectivity index (χ4n) is 3.65. The number of aliphatic hydroxyl groups is 2. The molecule has 1 amide bonds. The van der Waals surface area contributed by atoms with E-state index in [-0.39, 0.29) is 24.6 Å². The lowest BCUT2D eigenvalue weighted by molar-refractivity contribution is -0.140. The molecule has 27 heavy (non-hydrogen) atoms. The third-order valence-electron chi connectivity index (χ3n) is 5.42. The van der Waals surface area contributed by atoms with E-state index >= 15 is 0 Å². The third-order valence-corrected chi connectivity index (χ3v) is 5.42. The number of carbonyl (C=O) groups is 1. The molecule has 5 heteroatoms. The number of piperidine rings is 1. The fourth-order valence-corrected chi connectivity index (χ4v) is 3.65. The van der Waals surface area contributed by atoms with Gasteiger partial charge in [-0.2, -0.15) is 0 Å². The van der Waals surface area contributed by atoms with Crippen molar-refractivity contribution in [2.24, 2.45) is 0 Å². The zero-order valence-electron chi connectivity index (χ0n) is 15.6. The lowest BCUT2D eigenvalue weighted by atomic mass is 9.84. The van der Waals surface area contributed by atoms with Gasteiger partial charge in [-0.25, -0.2) is 4.39 Å². The number of likely N-dealkylation sites (tertiary alicyclic amines) is 1. The number of hydrogen-bond acceptors (Lipinski definition) is 3. The van der Waals surface area contributed by atoms with E-state index in [1.807, 2.05) is 18.2 Å². The summed E-state index contributed by atoms with van der Waals surface area (Å²) in [6.45, 7) is 2.43. The van der Waals surface area contributed by atoms with Crippen LogP contribution in [0.15, 0.2) is 54.6 Å². The van der Waals surface area contributed by atoms with Gasteiger partial charge in [-0.3, -0.25) is 4.79 Å². The van der Waals surface area contributed by atoms with Crippen LogP contribution in [0, 0.1) is 5.82 Å². The first-order valence-electron chi connectivity index (χ1n) is 9.31. The second-order valence-corrected chi connectivity index (χ2v) is 7.69. The Morgan fingerprint density at radius 3 is 2.33 bits per heavy atom. The van der Waals surface area contributed by atoms with Crippen LogP contribution in [0.2, 0.25) is 0 Å². The van der Waals surface area contributed by atoms with Crippen LogP contribution in [-0.4, -0.2) is 39.7 Å². The van der Waals surface area contributed by atoms with Crippen LogP contribution < -0.4 is 0 Å². The summed E-state index contributed by atoms with van der Waals surface area (Å²) in [7, 11) is 0. The van der Waals surface area contributed by atoms with Gasteiger partial charge in [-0.1, -0.05) is 48.5 Å². The molecule has 1 unspecified atom stereocenters. The van der Waals surface area contributed by atoms with Crippen molar-refractivity contribution in [2.75, 3.05) is 13.1 Å². The van der Waals surface area contributed by atoms with Crippen LogP contribution in [0.5, 0.6) is 0 Å². The zero-order valence-corrected chi connectivity index (χ0v) is 15.6. The van der Waals surface area contributed by atoms with Gasteiger partial charge in [0.15, 0.2) is 0 Å². The van der Waals surface area contributed by atoms with E-state index in [1.165, 1.54) is 6.07 Å². The Labute approximate surface area is 159 Å². The van der Waals surface area contributed by atoms with E-state index in [2.05, 4.69) is 0 Å². The van der Waals surface area contributed by atoms with Crippen molar-refractivity contribution in [2.45, 2.75) is 43.8 Å². The second-order valence-electron chi connectivity index (χ2n) is 7.69. The first-order chi connectivity index (χ1) is 12.8. The quantitative estimate of drug-likeness (QED) is 0.849. The van der Waals surface area contributed by atoms with Gasteiger partial charge in [0.25, 0.3) is 0 Å². The predicted octanol–water partition coefficient (Wildman–Crippen LogP) is 3.02. The maximum atomic E-state index is 13.9. The number of rotatable bonds is 5. The molecule has 0 aromatic heterocycles. The molecule has 1 saturated heterocycles. The summed E-state index contributed by atoms with van der Waals surface area (Å²) in [4.78, 5) is 14.3. The van der Waals surface area contributed by atoms with Crippen LogP contribution in [0.1, 0.15) is 37.3 Å². The van der Waals surface area contributed by atoms with Gasteiger partial charge >= 0.3 is 0 Å². The van der Waals surface area contributed by atoms with Crippen LogP contribution in [0.3, 0.4) is 0 Å². The third kappa shape index (κ3) is 4.73. The summed E-state index contributed by atoms with van der Waals surface area (Å²) in [6, 6.07) is 15.6. The average Bonchev–Trinajstić information content (AvgIpc) is 2.64. The van der Waals surface area contributed by atoms with Crippen molar-refractivity contribution >= 4 is 5.91 Å². The van der Waals surface area contributed by atoms with Gasteiger partial charge in [0.2, 0.25) is 5.91 Å². The molecule has 1 heterocycles. The van der Waals surface area contributed by atoms with Crippen molar-refractivity contribution in [1.82, 2.24) is 4.90 Å². The summed E-state index contributed by atoms with van der Waals surface area (Å²) < 4.78 is 13.9. The maximum absolute atomic E-state index is 13.9. The van der Waals surface area contributed by atoms with Gasteiger partial charge in [0.05, 0.1) is 17.6 Å². The molecule has 0 saturated carbocycles. The molecular weight excluding hydrogens is 345 g/mol. The van der Waals surface area contributed by atoms with Crippen molar-refractivity contribution in [3.8, 4) is 0 Å². The molecule has 1 fully saturated rings. The van der Waals surface area contributed by atoms with E-state index in [0.717, 1.165) is 0 Å². The predicted molar refractivity (Wildman–Crippen MR) is 101 cm³/mol. The van der Waals surface area contributed by atoms with Crippen molar-refractivity contribution in [1.29, 1.82) is 0 Å². The van der Waals surface area contributed by atoms with Gasteiger partial charge in [-0.15, -0.1) is 0 Å². The highest BCUT2D eigenvalue weighted by Crippen LogP contribution is 2.30. The van der Waals surface area contributed by atoms with Crippen LogP contribution in [-0.2, 0) is 16.8 Å². The first-order valence-corrected chi connectivity index (χ1v) is 9.31. The minimum atomic E-state index is -1.24. The Morgan fingerprint density at radius 2 is 1.70 bits per heavy atom. The number of benzene rings is 2. The molecule has 2 aromatic rings. The van der Waals surface area contributed by atoms with Gasteiger partial charge in [0, 0.05) is 19.5 Å². The van der Waals surface area contributed by atoms with E-state index in [1.54, 1.807) is 42.2 Å². The molecule has 2 N–H and O–H groups in total. The molecule has 0 radical (unpaired) electrons. The Hall–Kier alpha value is -2.24. The SMILES string of the molecule is CC(O)(CC(=O)N1CCC(O)(Cc2ccccc2F)CC1)c1ccccc1. The molecule has 1 aliphatic heterocycles. The molecule has 2 aromatic carbocycles. The van der Waals surface area contributed by atoms with Crippen molar-refractivity contribution in [3.63, 3.8) is 0 Å². The Balaban J connectivity index is 1.58. The highest BCUT2D eigenvalue weighted by Gasteiger charge is 2.36. The average molecular weight is 371 g/mol. The Kier molecular flexibility index (Phi) is 5.63. The molecule has 0 spiro atoms. The van der Waals surface area contributed by atoms with Gasteiger partial charge < -0.3 is 15.1 Å². The summed E-state index contributed by atoms with van der Waals surface area (Å²) in [5.41, 5.74) is -1.06. The summed E-state index contributed by atoms with van der Waals surface area (Å²) >= 11 is 0. The fraction of sp³-hybridized carbons (Fsp3) is 0.409. The molecule has 0 bridgehead atoms. The molecule has 4 nitrogen and oxygen atoms in total. The number of amides is 1. The monoisotopic (exact) mass is 371 g/mol. The molecule has 1 aliphatic rings. The topological polar surface area (TPSA) is 60.8 Å². The van der Waals surface area contributed by atoms with Gasteiger partial charge in [-0.05, 0) is 37.0 Å². The lowest BCUT2D eigenvalue weighted by Gasteiger charge is -2.39. The highest BCUT2D eigenvalue weighted by atomic mass is 19.1. The normalized spacial score (nSPS) is 18.7. The standard InChI is InChI=1S/C22H26FNO3/c1-21(26,18-8-3-2-4-9-18)16-20(25)24-13-11-22(27,12-14-24)15-17-7-5-6-10-19(17)23/h2-10,26-27H,11-16H2,1H3. The van der Waals surface area contributed by atoms with Crippen LogP contribution in [0.25, 0.3) is 0 Å². The smallest absolute Gasteiger partial charge is 0.225 e. The van der Waals surface area contributed by atoms with Crippen LogP contribution in [0.4, 0.5) is 4.39 Å². The van der Waals surface area contributed by atoms with E-state index in [0.29, 0.717) is 37.1 Å². The maximum Gasteiger partial charge on any atom is 0.225 e. The largest absolute Gasteiger partial charge is 0.389 e. The lowest BCUT2D eigenvalue weighted by Crippen LogP contribution is -2.48. The van der Waals surface area contributed by atoms with E-state index in [4.69, 9.17) is 0 Å². The zero-order chi connectivity index (χ0) is 19.5. The Bertz CT molecular complexity index is 783. The minimum Gasteiger partial charge on any atom is -0.389 e. The summed E-state index contributed by atoms with van der Waals surface area (Å²) in [6.07, 6.45) is 1.01. The molecule has 3 rings (SSSR count). The summed E-state index contributed by atoms with van der Waals surface area (Å²) in [5, 5.41) is 21.5. The number of hydrogen-bond donors (Lipinski definition) is 2. The highest BCUT2D eigenvalue weighted by molar-refractivity contribution is 5.77. The van der Waals surface area contributed by atoms with Crippen molar-refractivity contribution in [3.05, 3.63) is 71.5 Å². The molecule has 1 atom stereocenters. The molecular formula is C22H26FNO3. The van der Waals surface area contributed by atoms with E-state index < -0.39 is 11.2 Å². The first kappa shape index (κ1) is 19.5. The molecule has 144 valence electrons. The Morgan fingerprint density at radius 1 is 1.11 bits per heavy atom. The van der Waals surface area contributed by atoms with Crippen molar-refractivity contribution < 1.29 is 19.4 Å². The van der Waals surface area contributed by atoms with Crippen LogP contribution >= 0.6 is 0 Å². The second kappa shape index (κ2) is 7.79. The number of carbonyl (C=O) groups excluding carboxylic acids is 1. The summed E-state index contributed by atoms with van der Waals surface area (Å²) in [5.74, 6) is -0.458. The number of nitrogens with zero attached hydrogens (tertiary/aromatic N) is 1. The van der Waals surface area contributed by atoms with E-state index in [9.17, 15) is 19.4 Å². The minimum absolute atomic E-state index is 0.0112. The number of halogens is 1.